The fraction of sp³-hybridized carbons (Fsp3) is 0.0625. The maximum absolute atomic E-state index is 12.3. The number of Topliss-reactive ketones (excluding diaryl/α,β-unsaturated/α-hetero) is 1. The number of phenolic OH excluding ortho intramolecular Hbond substituents is 3. The first-order chi connectivity index (χ1) is 9.97. The van der Waals surface area contributed by atoms with Gasteiger partial charge in [0.15, 0.2) is 5.76 Å². The van der Waals surface area contributed by atoms with Gasteiger partial charge in [-0.25, -0.2) is 0 Å². The summed E-state index contributed by atoms with van der Waals surface area (Å²) in [6.45, 7) is 1.60. The Balaban J connectivity index is 2.06. The SMILES string of the molecule is Cc1c(O)cc(O)c2c1OC(=Cc1ccc(O)cc1)C2=O. The number of carbonyl (C=O) groups is 1. The average Bonchev–Trinajstić information content (AvgIpc) is 2.77. The monoisotopic (exact) mass is 284 g/mol. The van der Waals surface area contributed by atoms with Crippen LogP contribution in [-0.2, 0) is 0 Å². The lowest BCUT2D eigenvalue weighted by Gasteiger charge is -2.05. The quantitative estimate of drug-likeness (QED) is 0.701. The van der Waals surface area contributed by atoms with Gasteiger partial charge in [-0.3, -0.25) is 4.79 Å². The molecule has 5 nitrogen and oxygen atoms in total. The molecule has 0 saturated carbocycles. The lowest BCUT2D eigenvalue weighted by atomic mass is 10.0. The predicted octanol–water partition coefficient (Wildman–Crippen LogP) is 2.73. The number of carbonyl (C=O) groups excluding carboxylic acids is 1. The maximum atomic E-state index is 12.3. The Labute approximate surface area is 120 Å². The summed E-state index contributed by atoms with van der Waals surface area (Å²) in [6.07, 6.45) is 1.51. The molecule has 3 N–H and O–H groups in total. The van der Waals surface area contributed by atoms with E-state index in [4.69, 9.17) is 4.74 Å². The Kier molecular flexibility index (Phi) is 2.83. The molecule has 0 radical (unpaired) electrons. The van der Waals surface area contributed by atoms with Gasteiger partial charge in [-0.05, 0) is 30.7 Å². The van der Waals surface area contributed by atoms with Crippen LogP contribution in [0.2, 0.25) is 0 Å². The maximum Gasteiger partial charge on any atom is 0.235 e. The number of phenols is 3. The molecule has 1 aliphatic heterocycles. The molecule has 3 rings (SSSR count). The molecule has 2 aromatic rings. The molecule has 0 aliphatic carbocycles. The third-order valence-electron chi connectivity index (χ3n) is 3.34. The topological polar surface area (TPSA) is 87.0 Å². The fourth-order valence-corrected chi connectivity index (χ4v) is 2.17. The van der Waals surface area contributed by atoms with E-state index in [1.807, 2.05) is 0 Å². The molecule has 2 aromatic carbocycles. The Bertz CT molecular complexity index is 772. The van der Waals surface area contributed by atoms with E-state index in [-0.39, 0.29) is 34.3 Å². The van der Waals surface area contributed by atoms with Gasteiger partial charge in [0.2, 0.25) is 5.78 Å². The van der Waals surface area contributed by atoms with Crippen molar-refractivity contribution >= 4 is 11.9 Å². The van der Waals surface area contributed by atoms with Crippen LogP contribution in [0, 0.1) is 6.92 Å². The summed E-state index contributed by atoms with van der Waals surface area (Å²) in [7, 11) is 0. The van der Waals surface area contributed by atoms with Crippen LogP contribution in [-0.4, -0.2) is 21.1 Å². The molecule has 0 amide bonds. The summed E-state index contributed by atoms with van der Waals surface area (Å²) in [4.78, 5) is 12.3. The highest BCUT2D eigenvalue weighted by molar-refractivity contribution is 6.16. The number of allylic oxidation sites excluding steroid dienone is 1. The number of hydrogen-bond donors (Lipinski definition) is 3. The van der Waals surface area contributed by atoms with Crippen molar-refractivity contribution in [1.29, 1.82) is 0 Å². The molecule has 0 unspecified atom stereocenters. The number of ether oxygens (including phenoxy) is 1. The normalized spacial score (nSPS) is 15.1. The molecule has 0 spiro atoms. The van der Waals surface area contributed by atoms with Gasteiger partial charge in [0.25, 0.3) is 0 Å². The molecule has 1 heterocycles. The number of fused-ring (bicyclic) bond motifs is 1. The Morgan fingerprint density at radius 1 is 1.05 bits per heavy atom. The lowest BCUT2D eigenvalue weighted by molar-refractivity contribution is 0.101. The van der Waals surface area contributed by atoms with Crippen molar-refractivity contribution in [2.75, 3.05) is 0 Å². The van der Waals surface area contributed by atoms with Gasteiger partial charge in [0.1, 0.15) is 28.6 Å². The zero-order chi connectivity index (χ0) is 15.1. The summed E-state index contributed by atoms with van der Waals surface area (Å²) in [5.74, 6) is -0.546. The van der Waals surface area contributed by atoms with Crippen LogP contribution in [0.3, 0.4) is 0 Å². The molecule has 0 aromatic heterocycles. The van der Waals surface area contributed by atoms with Crippen molar-refractivity contribution in [2.45, 2.75) is 6.92 Å². The van der Waals surface area contributed by atoms with E-state index >= 15 is 0 Å². The van der Waals surface area contributed by atoms with Gasteiger partial charge in [-0.15, -0.1) is 0 Å². The molecule has 0 atom stereocenters. The second-order valence-corrected chi connectivity index (χ2v) is 4.78. The molecule has 0 saturated heterocycles. The Morgan fingerprint density at radius 3 is 2.38 bits per heavy atom. The first-order valence-electron chi connectivity index (χ1n) is 6.26. The summed E-state index contributed by atoms with van der Waals surface area (Å²) in [6, 6.07) is 7.37. The summed E-state index contributed by atoms with van der Waals surface area (Å²) >= 11 is 0. The fourth-order valence-electron chi connectivity index (χ4n) is 2.17. The number of aromatic hydroxyl groups is 3. The van der Waals surface area contributed by atoms with E-state index < -0.39 is 5.78 Å². The van der Waals surface area contributed by atoms with Crippen LogP contribution >= 0.6 is 0 Å². The Hall–Kier alpha value is -2.95. The molecule has 1 aliphatic rings. The van der Waals surface area contributed by atoms with Crippen LogP contribution < -0.4 is 4.74 Å². The smallest absolute Gasteiger partial charge is 0.235 e. The molecule has 106 valence electrons. The zero-order valence-electron chi connectivity index (χ0n) is 11.1. The molecule has 5 heteroatoms. The number of rotatable bonds is 1. The van der Waals surface area contributed by atoms with Gasteiger partial charge in [-0.2, -0.15) is 0 Å². The van der Waals surface area contributed by atoms with E-state index in [0.717, 1.165) is 6.07 Å². The van der Waals surface area contributed by atoms with Crippen molar-refractivity contribution in [2.24, 2.45) is 0 Å². The molecule has 21 heavy (non-hydrogen) atoms. The Morgan fingerprint density at radius 2 is 1.71 bits per heavy atom. The van der Waals surface area contributed by atoms with Crippen molar-refractivity contribution in [1.82, 2.24) is 0 Å². The van der Waals surface area contributed by atoms with E-state index in [9.17, 15) is 20.1 Å². The molecular formula is C16H12O5. The highest BCUT2D eigenvalue weighted by Crippen LogP contribution is 2.44. The largest absolute Gasteiger partial charge is 0.508 e. The van der Waals surface area contributed by atoms with Crippen LogP contribution in [0.4, 0.5) is 0 Å². The van der Waals surface area contributed by atoms with Gasteiger partial charge < -0.3 is 20.1 Å². The number of benzene rings is 2. The number of hydrogen-bond acceptors (Lipinski definition) is 5. The van der Waals surface area contributed by atoms with Gasteiger partial charge >= 0.3 is 0 Å². The molecule has 0 fully saturated rings. The first kappa shape index (κ1) is 13.1. The minimum Gasteiger partial charge on any atom is -0.508 e. The van der Waals surface area contributed by atoms with Gasteiger partial charge in [0.05, 0.1) is 0 Å². The van der Waals surface area contributed by atoms with E-state index in [2.05, 4.69) is 0 Å². The van der Waals surface area contributed by atoms with Crippen LogP contribution in [0.5, 0.6) is 23.0 Å². The first-order valence-corrected chi connectivity index (χ1v) is 6.26. The third-order valence-corrected chi connectivity index (χ3v) is 3.34. The van der Waals surface area contributed by atoms with Gasteiger partial charge in [0, 0.05) is 11.6 Å². The van der Waals surface area contributed by atoms with Crippen LogP contribution in [0.25, 0.3) is 6.08 Å². The van der Waals surface area contributed by atoms with Crippen molar-refractivity contribution in [3.8, 4) is 23.0 Å². The standard InChI is InChI=1S/C16H12O5/c1-8-11(18)7-12(19)14-15(20)13(21-16(8)14)6-9-2-4-10(17)5-3-9/h2-7,17-19H,1H3. The van der Waals surface area contributed by atoms with Crippen molar-refractivity contribution in [3.05, 3.63) is 52.8 Å². The van der Waals surface area contributed by atoms with Gasteiger partial charge in [-0.1, -0.05) is 12.1 Å². The van der Waals surface area contributed by atoms with E-state index in [1.165, 1.54) is 18.2 Å². The summed E-state index contributed by atoms with van der Waals surface area (Å²) in [5.41, 5.74) is 1.12. The third kappa shape index (κ3) is 2.08. The van der Waals surface area contributed by atoms with Crippen LogP contribution in [0.15, 0.2) is 36.1 Å². The average molecular weight is 284 g/mol. The van der Waals surface area contributed by atoms with E-state index in [0.29, 0.717) is 11.1 Å². The lowest BCUT2D eigenvalue weighted by Crippen LogP contribution is -1.98. The van der Waals surface area contributed by atoms with Crippen molar-refractivity contribution < 1.29 is 24.9 Å². The predicted molar refractivity (Wildman–Crippen MR) is 75.6 cm³/mol. The molecular weight excluding hydrogens is 272 g/mol. The highest BCUT2D eigenvalue weighted by Gasteiger charge is 2.33. The highest BCUT2D eigenvalue weighted by atomic mass is 16.5. The zero-order valence-corrected chi connectivity index (χ0v) is 11.1. The second kappa shape index (κ2) is 4.56. The second-order valence-electron chi connectivity index (χ2n) is 4.78. The minimum absolute atomic E-state index is 0.0512. The van der Waals surface area contributed by atoms with E-state index in [1.54, 1.807) is 19.1 Å². The molecule has 0 bridgehead atoms. The number of ketones is 1. The van der Waals surface area contributed by atoms with Crippen molar-refractivity contribution in [3.63, 3.8) is 0 Å². The summed E-state index contributed by atoms with van der Waals surface area (Å²) in [5, 5.41) is 28.7. The van der Waals surface area contributed by atoms with Crippen LogP contribution in [0.1, 0.15) is 21.5 Å². The minimum atomic E-state index is -0.446. The summed E-state index contributed by atoms with van der Waals surface area (Å²) < 4.78 is 5.47.